The number of benzene rings is 2. The first-order chi connectivity index (χ1) is 26.9. The first-order valence-corrected chi connectivity index (χ1v) is 19.4. The van der Waals surface area contributed by atoms with Crippen molar-refractivity contribution in [2.45, 2.75) is 89.0 Å². The predicted molar refractivity (Wildman–Crippen MR) is 215 cm³/mol. The van der Waals surface area contributed by atoms with Crippen molar-refractivity contribution >= 4 is 45.1 Å². The lowest BCUT2D eigenvalue weighted by Crippen LogP contribution is -2.39. The maximum absolute atomic E-state index is 12.2. The van der Waals surface area contributed by atoms with Crippen molar-refractivity contribution in [3.05, 3.63) is 119 Å². The van der Waals surface area contributed by atoms with E-state index in [0.717, 1.165) is 90.0 Å². The summed E-state index contributed by atoms with van der Waals surface area (Å²) >= 11 is 3.39. The highest BCUT2D eigenvalue weighted by Crippen LogP contribution is 2.35. The second-order valence-corrected chi connectivity index (χ2v) is 15.0. The van der Waals surface area contributed by atoms with Crippen LogP contribution in [0.3, 0.4) is 0 Å². The zero-order valence-electron chi connectivity index (χ0n) is 31.3. The van der Waals surface area contributed by atoms with Gasteiger partial charge < -0.3 is 36.0 Å². The van der Waals surface area contributed by atoms with Gasteiger partial charge in [-0.25, -0.2) is 15.0 Å². The Kier molecular flexibility index (Phi) is 12.7. The summed E-state index contributed by atoms with van der Waals surface area (Å²) in [6.07, 6.45) is 19.0. The van der Waals surface area contributed by atoms with Crippen molar-refractivity contribution in [2.75, 3.05) is 0 Å². The predicted octanol–water partition coefficient (Wildman–Crippen LogP) is 5.09. The Labute approximate surface area is 332 Å². The molecule has 1 atom stereocenters. The molecule has 3 aromatic heterocycles. The van der Waals surface area contributed by atoms with Crippen LogP contribution in [0.25, 0.3) is 5.69 Å². The summed E-state index contributed by atoms with van der Waals surface area (Å²) in [6.45, 7) is 3.88. The number of nitrogens with zero attached hydrogens (tertiary/aromatic N) is 6. The van der Waals surface area contributed by atoms with E-state index in [0.29, 0.717) is 11.4 Å². The Morgan fingerprint density at radius 1 is 0.839 bits per heavy atom. The number of hydrogen-bond acceptors (Lipinski definition) is 9. The van der Waals surface area contributed by atoms with Gasteiger partial charge in [-0.2, -0.15) is 0 Å². The normalized spacial score (nSPS) is 17.7. The first kappa shape index (κ1) is 39.9. The molecular formula is C40H46BrN11O4. The fourth-order valence-corrected chi connectivity index (χ4v) is 7.28. The molecule has 5 heterocycles. The topological polar surface area (TPSA) is 221 Å². The number of aliphatic carboxylic acids is 1. The van der Waals surface area contributed by atoms with E-state index in [2.05, 4.69) is 56.5 Å². The van der Waals surface area contributed by atoms with Gasteiger partial charge in [0, 0.05) is 64.4 Å². The lowest BCUT2D eigenvalue weighted by Gasteiger charge is -2.18. The van der Waals surface area contributed by atoms with Gasteiger partial charge in [0.1, 0.15) is 40.4 Å². The second-order valence-electron chi connectivity index (χ2n) is 14.1. The number of hydrogen-bond donors (Lipinski definition) is 6. The molecule has 9 rings (SSSR count). The maximum Gasteiger partial charge on any atom is 0.320 e. The third-order valence-electron chi connectivity index (χ3n) is 9.94. The van der Waals surface area contributed by atoms with E-state index in [9.17, 15) is 14.4 Å². The Hall–Kier alpha value is -5.74. The third kappa shape index (κ3) is 9.92. The zero-order valence-corrected chi connectivity index (χ0v) is 32.9. The van der Waals surface area contributed by atoms with E-state index in [4.69, 9.17) is 15.8 Å². The van der Waals surface area contributed by atoms with Crippen LogP contribution in [0.5, 0.6) is 0 Å². The Bertz CT molecular complexity index is 2150. The van der Waals surface area contributed by atoms with Crippen LogP contribution in [0.1, 0.15) is 79.8 Å². The number of aryl methyl sites for hydroxylation is 2. The maximum atomic E-state index is 12.2. The molecule has 16 heteroatoms. The molecule has 4 aliphatic rings. The van der Waals surface area contributed by atoms with E-state index < -0.39 is 12.0 Å². The van der Waals surface area contributed by atoms with Crippen LogP contribution in [0.2, 0.25) is 0 Å². The monoisotopic (exact) mass is 823 g/mol. The van der Waals surface area contributed by atoms with Crippen LogP contribution in [-0.4, -0.2) is 81.2 Å². The molecule has 15 nitrogen and oxygen atoms in total. The van der Waals surface area contributed by atoms with Crippen LogP contribution in [0, 0.1) is 13.8 Å². The summed E-state index contributed by atoms with van der Waals surface area (Å²) < 4.78 is 3.02. The average Bonchev–Trinajstić information content (AvgIpc) is 4.05. The van der Waals surface area contributed by atoms with Gasteiger partial charge >= 0.3 is 5.97 Å². The number of halogens is 1. The molecule has 5 aromatic rings. The van der Waals surface area contributed by atoms with E-state index in [-0.39, 0.29) is 29.6 Å². The highest BCUT2D eigenvalue weighted by molar-refractivity contribution is 9.10. The number of nitrogens with one attached hydrogen (secondary N) is 4. The van der Waals surface area contributed by atoms with E-state index >= 15 is 0 Å². The van der Waals surface area contributed by atoms with Gasteiger partial charge in [0.05, 0.1) is 6.33 Å². The van der Waals surface area contributed by atoms with Gasteiger partial charge in [-0.15, -0.1) is 0 Å². The highest BCUT2D eigenvalue weighted by atomic mass is 79.9. The van der Waals surface area contributed by atoms with Gasteiger partial charge in [0.2, 0.25) is 0 Å². The number of carbonyl (C=O) groups excluding carboxylic acids is 2. The molecule has 56 heavy (non-hydrogen) atoms. The molecular weight excluding hydrogens is 778 g/mol. The number of carboxylic acid groups (broad SMARTS) is 1. The Morgan fingerprint density at radius 2 is 1.39 bits per heavy atom. The zero-order chi connectivity index (χ0) is 39.7. The number of carbonyl (C=O) groups is 3. The van der Waals surface area contributed by atoms with E-state index in [1.165, 1.54) is 6.33 Å². The largest absolute Gasteiger partial charge is 0.480 e. The minimum Gasteiger partial charge on any atom is -0.480 e. The summed E-state index contributed by atoms with van der Waals surface area (Å²) in [6, 6.07) is 14.8. The minimum absolute atomic E-state index is 0.0331. The number of nitrogens with two attached hydrogens (primary N) is 1. The lowest BCUT2D eigenvalue weighted by molar-refractivity contribution is -0.138. The van der Waals surface area contributed by atoms with Gasteiger partial charge in [0.15, 0.2) is 0 Å². The summed E-state index contributed by atoms with van der Waals surface area (Å²) in [5.74, 6) is 0.825. The number of carboxylic acids is 1. The molecule has 0 radical (unpaired) electrons. The molecule has 1 unspecified atom stereocenters. The van der Waals surface area contributed by atoms with E-state index in [1.807, 2.05) is 73.1 Å². The molecule has 2 aromatic carbocycles. The summed E-state index contributed by atoms with van der Waals surface area (Å²) in [5.41, 5.74) is 9.34. The number of rotatable bonds is 6. The van der Waals surface area contributed by atoms with Crippen LogP contribution in [0.15, 0.2) is 100 Å². The molecule has 2 saturated carbocycles. The second kappa shape index (κ2) is 17.8. The van der Waals surface area contributed by atoms with E-state index in [1.54, 1.807) is 24.8 Å². The van der Waals surface area contributed by atoms with Gasteiger partial charge in [0.25, 0.3) is 11.8 Å². The number of amides is 2. The lowest BCUT2D eigenvalue weighted by atomic mass is 10.1. The summed E-state index contributed by atoms with van der Waals surface area (Å²) in [7, 11) is 0. The van der Waals surface area contributed by atoms with Crippen molar-refractivity contribution in [3.8, 4) is 5.69 Å². The number of imidazole rings is 3. The van der Waals surface area contributed by atoms with Crippen LogP contribution < -0.4 is 16.4 Å². The SMILES string of the molecule is Cc1ncc[nH]1.Cc1nccn1-c1ccc(C2=NC3(CCCC3)NC2=O)cc1.NC(Cc1cnc[nH]1)C(=O)O.O=C1NC2(CCCC2)N=C1c1ccc(Br)cc1. The van der Waals surface area contributed by atoms with Gasteiger partial charge in [-0.1, -0.05) is 40.2 Å². The van der Waals surface area contributed by atoms with Crippen molar-refractivity contribution in [3.63, 3.8) is 0 Å². The molecule has 2 aliphatic carbocycles. The summed E-state index contributed by atoms with van der Waals surface area (Å²) in [5, 5.41) is 14.5. The molecule has 2 amide bonds. The quantitative estimate of drug-likeness (QED) is 0.135. The molecule has 7 N–H and O–H groups in total. The number of aliphatic imine (C=N–C) groups is 2. The molecule has 0 saturated heterocycles. The Balaban J connectivity index is 0.000000138. The van der Waals surface area contributed by atoms with Crippen LogP contribution in [0.4, 0.5) is 0 Å². The summed E-state index contributed by atoms with van der Waals surface area (Å²) in [4.78, 5) is 61.3. The average molecular weight is 825 g/mol. The molecule has 292 valence electrons. The molecule has 2 spiro atoms. The Morgan fingerprint density at radius 3 is 1.80 bits per heavy atom. The van der Waals surface area contributed by atoms with Crippen molar-refractivity contribution in [1.82, 2.24) is 40.1 Å². The molecule has 2 aliphatic heterocycles. The van der Waals surface area contributed by atoms with Crippen molar-refractivity contribution in [2.24, 2.45) is 15.7 Å². The standard InChI is InChI=1S/C17H18N4O.C13H13BrN2O.C6H9N3O2.C4H6N2/c1-12-18-10-11-21(12)14-6-4-13(5-7-14)15-16(22)20-17(19-15)8-2-3-9-17;14-10-5-3-9(4-6-10)11-12(17)16-13(15-11)7-1-2-8-13;7-5(6(10)11)1-4-2-8-3-9-4;1-4-5-2-3-6-4/h4-7,10-11H,2-3,8-9H2,1H3,(H,20,22);3-6H,1-2,7-8H2,(H,16,17);2-3,5H,1,7H2,(H,8,9)(H,10,11);2-3H,1H3,(H,5,6). The van der Waals surface area contributed by atoms with Crippen molar-refractivity contribution in [1.29, 1.82) is 0 Å². The first-order valence-electron chi connectivity index (χ1n) is 18.6. The van der Waals surface area contributed by atoms with Crippen LogP contribution in [-0.2, 0) is 20.8 Å². The van der Waals surface area contributed by atoms with Gasteiger partial charge in [-0.05, 0) is 89.5 Å². The fraction of sp³-hybridized carbons (Fsp3) is 0.350. The van der Waals surface area contributed by atoms with Crippen molar-refractivity contribution < 1.29 is 19.5 Å². The molecule has 2 fully saturated rings. The fourth-order valence-electron chi connectivity index (χ4n) is 7.01. The number of aromatic nitrogens is 6. The highest BCUT2D eigenvalue weighted by Gasteiger charge is 2.42. The number of H-pyrrole nitrogens is 2. The van der Waals surface area contributed by atoms with Crippen LogP contribution >= 0.6 is 15.9 Å². The smallest absolute Gasteiger partial charge is 0.320 e. The molecule has 0 bridgehead atoms. The minimum atomic E-state index is -1.00. The number of aromatic amines is 2. The van der Waals surface area contributed by atoms with Gasteiger partial charge in [-0.3, -0.25) is 24.4 Å². The third-order valence-corrected chi connectivity index (χ3v) is 10.5.